The van der Waals surface area contributed by atoms with Gasteiger partial charge in [0.1, 0.15) is 0 Å². The van der Waals surface area contributed by atoms with Crippen molar-refractivity contribution in [3.63, 3.8) is 0 Å². The van der Waals surface area contributed by atoms with E-state index in [0.717, 1.165) is 25.7 Å². The fraction of sp³-hybridized carbons (Fsp3) is 0.724. The number of aliphatic hydroxyl groups is 1. The summed E-state index contributed by atoms with van der Waals surface area (Å²) in [6.07, 6.45) is 16.3. The van der Waals surface area contributed by atoms with Crippen molar-refractivity contribution in [2.24, 2.45) is 34.5 Å². The van der Waals surface area contributed by atoms with Crippen molar-refractivity contribution in [3.05, 3.63) is 46.6 Å². The zero-order valence-corrected chi connectivity index (χ0v) is 20.9. The average Bonchev–Trinajstić information content (AvgIpc) is 3.04. The van der Waals surface area contributed by atoms with Crippen LogP contribution in [0.15, 0.2) is 46.6 Å². The first kappa shape index (κ1) is 23.1. The number of hydrogen-bond acceptors (Lipinski definition) is 2. The maximum atomic E-state index is 10.3. The molecule has 0 heterocycles. The van der Waals surface area contributed by atoms with Gasteiger partial charge in [0.05, 0.1) is 12.2 Å². The van der Waals surface area contributed by atoms with Gasteiger partial charge in [-0.1, -0.05) is 64.5 Å². The van der Waals surface area contributed by atoms with Crippen LogP contribution >= 0.6 is 0 Å². The predicted molar refractivity (Wildman–Crippen MR) is 130 cm³/mol. The lowest BCUT2D eigenvalue weighted by atomic mass is 9.51. The Hall–Kier alpha value is -1.12. The second-order valence-corrected chi connectivity index (χ2v) is 11.7. The number of ether oxygens (including phenoxy) is 1. The summed E-state index contributed by atoms with van der Waals surface area (Å²) >= 11 is 0. The van der Waals surface area contributed by atoms with E-state index in [2.05, 4.69) is 65.8 Å². The molecule has 0 aliphatic heterocycles. The second kappa shape index (κ2) is 8.34. The van der Waals surface area contributed by atoms with E-state index in [1.807, 2.05) is 7.11 Å². The largest absolute Gasteiger partial charge is 0.393 e. The van der Waals surface area contributed by atoms with E-state index in [-0.39, 0.29) is 17.6 Å². The van der Waals surface area contributed by atoms with Gasteiger partial charge in [0.15, 0.2) is 0 Å². The zero-order valence-electron chi connectivity index (χ0n) is 20.9. The minimum absolute atomic E-state index is 0.115. The van der Waals surface area contributed by atoms with Gasteiger partial charge in [-0.2, -0.15) is 0 Å². The van der Waals surface area contributed by atoms with Crippen LogP contribution < -0.4 is 0 Å². The predicted octanol–water partition coefficient (Wildman–Crippen LogP) is 7.02. The molecule has 0 bridgehead atoms. The molecular weight excluding hydrogens is 380 g/mol. The van der Waals surface area contributed by atoms with Crippen molar-refractivity contribution >= 4 is 0 Å². The molecule has 0 amide bonds. The van der Waals surface area contributed by atoms with E-state index in [4.69, 9.17) is 4.74 Å². The second-order valence-electron chi connectivity index (χ2n) is 11.7. The SMILES string of the molecule is CO[C@@H]1CC2=C3C=C[C@H]4C[C@@H](O)CC[C@]4(C)[C@H]3CC[C@]2(C)/C1=C(C)\C=C\C(C)C(C)C. The molecular formula is C29H44O2. The highest BCUT2D eigenvalue weighted by atomic mass is 16.5. The highest BCUT2D eigenvalue weighted by Crippen LogP contribution is 2.63. The summed E-state index contributed by atoms with van der Waals surface area (Å²) in [6, 6.07) is 0. The fourth-order valence-electron chi connectivity index (χ4n) is 7.25. The summed E-state index contributed by atoms with van der Waals surface area (Å²) in [7, 11) is 1.89. The molecule has 7 atom stereocenters. The Bertz CT molecular complexity index is 828. The Labute approximate surface area is 190 Å². The summed E-state index contributed by atoms with van der Waals surface area (Å²) < 4.78 is 6.10. The number of allylic oxidation sites excluding steroid dienone is 6. The van der Waals surface area contributed by atoms with Crippen molar-refractivity contribution in [3.8, 4) is 0 Å². The number of rotatable bonds is 4. The maximum Gasteiger partial charge on any atom is 0.0832 e. The standard InChI is InChI=1S/C29H44O2/c1-18(2)19(3)8-9-20(4)27-26(31-7)17-25-23-11-10-21-16-22(30)12-14-28(21,5)24(23)13-15-29(25,27)6/h8-11,18-19,21-22,24,26,30H,12-17H2,1-7H3/b9-8+,27-20-/t19?,21-,22-,24-,26+,28-,29-/m0/s1. The molecule has 2 saturated carbocycles. The molecule has 4 aliphatic rings. The first-order valence-electron chi connectivity index (χ1n) is 12.6. The smallest absolute Gasteiger partial charge is 0.0832 e. The number of methoxy groups -OCH3 is 1. The van der Waals surface area contributed by atoms with Gasteiger partial charge in [0.25, 0.3) is 0 Å². The molecule has 2 heteroatoms. The Balaban J connectivity index is 1.76. The molecule has 0 aromatic carbocycles. The van der Waals surface area contributed by atoms with E-state index in [1.54, 1.807) is 11.1 Å². The molecule has 0 radical (unpaired) electrons. The van der Waals surface area contributed by atoms with Crippen LogP contribution in [-0.4, -0.2) is 24.4 Å². The van der Waals surface area contributed by atoms with Crippen molar-refractivity contribution in [2.75, 3.05) is 7.11 Å². The lowest BCUT2D eigenvalue weighted by Gasteiger charge is -2.53. The van der Waals surface area contributed by atoms with E-state index in [1.165, 1.54) is 24.0 Å². The van der Waals surface area contributed by atoms with Gasteiger partial charge in [0.2, 0.25) is 0 Å². The quantitative estimate of drug-likeness (QED) is 0.525. The number of aliphatic hydroxyl groups excluding tert-OH is 1. The summed E-state index contributed by atoms with van der Waals surface area (Å²) in [5.74, 6) is 2.40. The Kier molecular flexibility index (Phi) is 6.20. The van der Waals surface area contributed by atoms with Gasteiger partial charge in [-0.3, -0.25) is 0 Å². The minimum Gasteiger partial charge on any atom is -0.393 e. The highest BCUT2D eigenvalue weighted by molar-refractivity contribution is 5.52. The summed E-state index contributed by atoms with van der Waals surface area (Å²) in [5, 5.41) is 10.3. The molecule has 4 rings (SSSR count). The molecule has 0 aromatic heterocycles. The molecule has 172 valence electrons. The van der Waals surface area contributed by atoms with E-state index in [0.29, 0.717) is 29.1 Å². The van der Waals surface area contributed by atoms with Crippen molar-refractivity contribution in [2.45, 2.75) is 92.3 Å². The highest BCUT2D eigenvalue weighted by Gasteiger charge is 2.54. The molecule has 2 nitrogen and oxygen atoms in total. The third-order valence-corrected chi connectivity index (χ3v) is 9.73. The van der Waals surface area contributed by atoms with E-state index >= 15 is 0 Å². The van der Waals surface area contributed by atoms with Crippen LogP contribution in [0.1, 0.15) is 80.1 Å². The first-order valence-corrected chi connectivity index (χ1v) is 12.6. The molecule has 0 aromatic rings. The number of hydrogen-bond donors (Lipinski definition) is 1. The van der Waals surface area contributed by atoms with Crippen LogP contribution in [0.4, 0.5) is 0 Å². The third kappa shape index (κ3) is 3.72. The van der Waals surface area contributed by atoms with Crippen molar-refractivity contribution < 1.29 is 9.84 Å². The van der Waals surface area contributed by atoms with Crippen LogP contribution in [0.25, 0.3) is 0 Å². The summed E-state index contributed by atoms with van der Waals surface area (Å²) in [6.45, 7) is 14.2. The Morgan fingerprint density at radius 2 is 1.94 bits per heavy atom. The van der Waals surface area contributed by atoms with Gasteiger partial charge in [-0.15, -0.1) is 0 Å². The summed E-state index contributed by atoms with van der Waals surface area (Å²) in [5.41, 5.74) is 6.58. The van der Waals surface area contributed by atoms with Crippen LogP contribution in [0.5, 0.6) is 0 Å². The summed E-state index contributed by atoms with van der Waals surface area (Å²) in [4.78, 5) is 0. The average molecular weight is 425 g/mol. The van der Waals surface area contributed by atoms with Crippen LogP contribution in [0.3, 0.4) is 0 Å². The monoisotopic (exact) mass is 424 g/mol. The molecule has 1 N–H and O–H groups in total. The molecule has 4 aliphatic carbocycles. The minimum atomic E-state index is -0.118. The fourth-order valence-corrected chi connectivity index (χ4v) is 7.25. The van der Waals surface area contributed by atoms with E-state index < -0.39 is 0 Å². The lowest BCUT2D eigenvalue weighted by Crippen LogP contribution is -2.45. The van der Waals surface area contributed by atoms with Crippen LogP contribution in [-0.2, 0) is 4.74 Å². The number of fused-ring (bicyclic) bond motifs is 4. The van der Waals surface area contributed by atoms with Gasteiger partial charge >= 0.3 is 0 Å². The molecule has 2 fully saturated rings. The molecule has 31 heavy (non-hydrogen) atoms. The third-order valence-electron chi connectivity index (χ3n) is 9.73. The van der Waals surface area contributed by atoms with Gasteiger partial charge < -0.3 is 9.84 Å². The molecule has 0 spiro atoms. The van der Waals surface area contributed by atoms with Crippen molar-refractivity contribution in [1.29, 1.82) is 0 Å². The molecule has 0 saturated heterocycles. The van der Waals surface area contributed by atoms with Gasteiger partial charge in [-0.05, 0) is 91.3 Å². The van der Waals surface area contributed by atoms with Crippen molar-refractivity contribution in [1.82, 2.24) is 0 Å². The van der Waals surface area contributed by atoms with Crippen LogP contribution in [0, 0.1) is 34.5 Å². The Morgan fingerprint density at radius 1 is 1.19 bits per heavy atom. The lowest BCUT2D eigenvalue weighted by molar-refractivity contribution is 0.000720. The Morgan fingerprint density at radius 3 is 2.61 bits per heavy atom. The first-order chi connectivity index (χ1) is 14.6. The van der Waals surface area contributed by atoms with Gasteiger partial charge in [-0.25, -0.2) is 0 Å². The molecule has 1 unspecified atom stereocenters. The van der Waals surface area contributed by atoms with Gasteiger partial charge in [0, 0.05) is 12.5 Å². The maximum absolute atomic E-state index is 10.3. The zero-order chi connectivity index (χ0) is 22.6. The van der Waals surface area contributed by atoms with E-state index in [9.17, 15) is 5.11 Å². The van der Waals surface area contributed by atoms with Crippen LogP contribution in [0.2, 0.25) is 0 Å². The normalized spacial score (nSPS) is 42.6. The topological polar surface area (TPSA) is 29.5 Å².